The topological polar surface area (TPSA) is 35.2 Å². The number of halogens is 3. The van der Waals surface area contributed by atoms with Crippen molar-refractivity contribution in [2.24, 2.45) is 5.73 Å². The molecular weight excluding hydrogens is 299 g/mol. The zero-order valence-corrected chi connectivity index (χ0v) is 11.7. The van der Waals surface area contributed by atoms with Crippen LogP contribution >= 0.6 is 12.2 Å². The van der Waals surface area contributed by atoms with Gasteiger partial charge < -0.3 is 10.5 Å². The van der Waals surface area contributed by atoms with E-state index in [1.54, 1.807) is 0 Å². The molecule has 0 radical (unpaired) electrons. The van der Waals surface area contributed by atoms with Crippen molar-refractivity contribution < 1.29 is 17.9 Å². The molecule has 2 aromatic rings. The first-order chi connectivity index (χ1) is 9.88. The van der Waals surface area contributed by atoms with Crippen LogP contribution in [0.15, 0.2) is 48.5 Å². The number of rotatable bonds is 4. The highest BCUT2D eigenvalue weighted by Gasteiger charge is 2.34. The lowest BCUT2D eigenvalue weighted by molar-refractivity contribution is -0.137. The van der Waals surface area contributed by atoms with Crippen LogP contribution in [0.3, 0.4) is 0 Å². The molecule has 0 aliphatic rings. The van der Waals surface area contributed by atoms with Gasteiger partial charge in [0, 0.05) is 5.56 Å². The molecule has 2 N–H and O–H groups in total. The zero-order chi connectivity index (χ0) is 15.5. The average Bonchev–Trinajstić information content (AvgIpc) is 2.45. The average molecular weight is 311 g/mol. The summed E-state index contributed by atoms with van der Waals surface area (Å²) in [5.74, 6) is 0.117. The van der Waals surface area contributed by atoms with E-state index in [-0.39, 0.29) is 22.9 Å². The summed E-state index contributed by atoms with van der Waals surface area (Å²) in [6.45, 7) is 0.185. The Balaban J connectivity index is 2.24. The minimum absolute atomic E-state index is 0.117. The van der Waals surface area contributed by atoms with Crippen LogP contribution in [0.25, 0.3) is 0 Å². The molecule has 0 amide bonds. The van der Waals surface area contributed by atoms with Crippen molar-refractivity contribution >= 4 is 17.2 Å². The maximum Gasteiger partial charge on any atom is 0.417 e. The van der Waals surface area contributed by atoms with E-state index in [0.717, 1.165) is 11.6 Å². The van der Waals surface area contributed by atoms with Gasteiger partial charge in [-0.2, -0.15) is 13.2 Å². The molecule has 0 atom stereocenters. The SMILES string of the molecule is NC(=S)c1ccc(OCc2ccccc2)cc1C(F)(F)F. The van der Waals surface area contributed by atoms with Gasteiger partial charge in [0.1, 0.15) is 17.3 Å². The summed E-state index contributed by atoms with van der Waals surface area (Å²) < 4.78 is 44.3. The number of hydrogen-bond acceptors (Lipinski definition) is 2. The predicted molar refractivity (Wildman–Crippen MR) is 78.1 cm³/mol. The van der Waals surface area contributed by atoms with Crippen molar-refractivity contribution in [3.63, 3.8) is 0 Å². The Morgan fingerprint density at radius 3 is 2.33 bits per heavy atom. The molecule has 0 saturated heterocycles. The van der Waals surface area contributed by atoms with E-state index in [4.69, 9.17) is 10.5 Å². The number of alkyl halides is 3. The summed E-state index contributed by atoms with van der Waals surface area (Å²) in [5.41, 5.74) is 5.09. The fraction of sp³-hybridized carbons (Fsp3) is 0.133. The van der Waals surface area contributed by atoms with Crippen molar-refractivity contribution in [3.05, 3.63) is 65.2 Å². The number of benzene rings is 2. The van der Waals surface area contributed by atoms with Crippen LogP contribution in [0, 0.1) is 0 Å². The molecule has 0 bridgehead atoms. The molecule has 110 valence electrons. The van der Waals surface area contributed by atoms with Crippen molar-refractivity contribution in [1.29, 1.82) is 0 Å². The first-order valence-electron chi connectivity index (χ1n) is 6.05. The van der Waals surface area contributed by atoms with Crippen LogP contribution in [0.4, 0.5) is 13.2 Å². The molecule has 2 aromatic carbocycles. The van der Waals surface area contributed by atoms with Crippen LogP contribution in [0.1, 0.15) is 16.7 Å². The van der Waals surface area contributed by atoms with Crippen molar-refractivity contribution in [2.45, 2.75) is 12.8 Å². The molecule has 0 unspecified atom stereocenters. The van der Waals surface area contributed by atoms with Gasteiger partial charge in [0.25, 0.3) is 0 Å². The van der Waals surface area contributed by atoms with Gasteiger partial charge in [-0.25, -0.2) is 0 Å². The number of ether oxygens (including phenoxy) is 1. The second-order valence-corrected chi connectivity index (χ2v) is 4.78. The van der Waals surface area contributed by atoms with E-state index in [0.29, 0.717) is 0 Å². The third kappa shape index (κ3) is 3.95. The normalized spacial score (nSPS) is 11.2. The maximum atomic E-state index is 13.0. The highest BCUT2D eigenvalue weighted by Crippen LogP contribution is 2.34. The molecule has 2 nitrogen and oxygen atoms in total. The van der Waals surface area contributed by atoms with Gasteiger partial charge >= 0.3 is 6.18 Å². The Bertz CT molecular complexity index is 641. The van der Waals surface area contributed by atoms with Crippen LogP contribution in [0.5, 0.6) is 5.75 Å². The lowest BCUT2D eigenvalue weighted by Crippen LogP contribution is -2.18. The van der Waals surface area contributed by atoms with E-state index >= 15 is 0 Å². The Morgan fingerprint density at radius 1 is 1.10 bits per heavy atom. The third-order valence-corrected chi connectivity index (χ3v) is 3.03. The predicted octanol–water partition coefficient (Wildman–Crippen LogP) is 3.92. The van der Waals surface area contributed by atoms with Gasteiger partial charge in [-0.3, -0.25) is 0 Å². The third-order valence-electron chi connectivity index (χ3n) is 2.81. The minimum Gasteiger partial charge on any atom is -0.489 e. The first-order valence-corrected chi connectivity index (χ1v) is 6.46. The second-order valence-electron chi connectivity index (χ2n) is 4.34. The van der Waals surface area contributed by atoms with Crippen molar-refractivity contribution in [2.75, 3.05) is 0 Å². The summed E-state index contributed by atoms with van der Waals surface area (Å²) in [6, 6.07) is 12.7. The van der Waals surface area contributed by atoms with Crippen LogP contribution < -0.4 is 10.5 Å². The van der Waals surface area contributed by atoms with E-state index in [2.05, 4.69) is 12.2 Å². The number of thiocarbonyl (C=S) groups is 1. The van der Waals surface area contributed by atoms with Crippen molar-refractivity contribution in [3.8, 4) is 5.75 Å². The molecule has 0 aromatic heterocycles. The van der Waals surface area contributed by atoms with E-state index in [1.807, 2.05) is 30.3 Å². The smallest absolute Gasteiger partial charge is 0.417 e. The summed E-state index contributed by atoms with van der Waals surface area (Å²) in [4.78, 5) is -0.295. The molecule has 21 heavy (non-hydrogen) atoms. The van der Waals surface area contributed by atoms with Crippen LogP contribution in [0.2, 0.25) is 0 Å². The number of nitrogens with two attached hydrogens (primary N) is 1. The van der Waals surface area contributed by atoms with E-state index in [9.17, 15) is 13.2 Å². The Kier molecular flexibility index (Phi) is 4.47. The van der Waals surface area contributed by atoms with Gasteiger partial charge in [0.2, 0.25) is 0 Å². The van der Waals surface area contributed by atoms with Gasteiger partial charge in [-0.1, -0.05) is 42.5 Å². The summed E-state index contributed by atoms with van der Waals surface area (Å²) in [5, 5.41) is 0. The summed E-state index contributed by atoms with van der Waals surface area (Å²) in [7, 11) is 0. The van der Waals surface area contributed by atoms with E-state index in [1.165, 1.54) is 12.1 Å². The molecule has 2 rings (SSSR count). The van der Waals surface area contributed by atoms with Crippen LogP contribution in [-0.4, -0.2) is 4.99 Å². The Hall–Kier alpha value is -2.08. The molecule has 0 fully saturated rings. The highest BCUT2D eigenvalue weighted by molar-refractivity contribution is 7.80. The zero-order valence-electron chi connectivity index (χ0n) is 10.9. The van der Waals surface area contributed by atoms with Crippen molar-refractivity contribution in [1.82, 2.24) is 0 Å². The quantitative estimate of drug-likeness (QED) is 0.869. The molecule has 0 spiro atoms. The standard InChI is InChI=1S/C15H12F3NOS/c16-15(17,18)13-8-11(6-7-12(13)14(19)21)20-9-10-4-2-1-3-5-10/h1-8H,9H2,(H2,19,21). The highest BCUT2D eigenvalue weighted by atomic mass is 32.1. The second kappa shape index (κ2) is 6.13. The van der Waals surface area contributed by atoms with Gasteiger partial charge in [-0.05, 0) is 23.8 Å². The van der Waals surface area contributed by atoms with Crippen LogP contribution in [-0.2, 0) is 12.8 Å². The minimum atomic E-state index is -4.54. The fourth-order valence-corrected chi connectivity index (χ4v) is 1.98. The molecule has 0 heterocycles. The number of hydrogen-bond donors (Lipinski definition) is 1. The lowest BCUT2D eigenvalue weighted by atomic mass is 10.1. The lowest BCUT2D eigenvalue weighted by Gasteiger charge is -2.14. The molecule has 0 saturated carbocycles. The summed E-state index contributed by atoms with van der Waals surface area (Å²) in [6.07, 6.45) is -4.54. The summed E-state index contributed by atoms with van der Waals surface area (Å²) >= 11 is 4.64. The Labute approximate surface area is 125 Å². The molecule has 0 aliphatic carbocycles. The molecular formula is C15H12F3NOS. The van der Waals surface area contributed by atoms with Gasteiger partial charge in [0.15, 0.2) is 0 Å². The monoisotopic (exact) mass is 311 g/mol. The first kappa shape index (κ1) is 15.3. The van der Waals surface area contributed by atoms with Gasteiger partial charge in [-0.15, -0.1) is 0 Å². The molecule has 6 heteroatoms. The largest absolute Gasteiger partial charge is 0.489 e. The Morgan fingerprint density at radius 2 is 1.76 bits per heavy atom. The van der Waals surface area contributed by atoms with E-state index < -0.39 is 11.7 Å². The molecule has 0 aliphatic heterocycles. The van der Waals surface area contributed by atoms with Gasteiger partial charge in [0.05, 0.1) is 5.56 Å². The maximum absolute atomic E-state index is 13.0. The fourth-order valence-electron chi connectivity index (χ4n) is 1.80.